The third-order valence-corrected chi connectivity index (χ3v) is 1.71. The zero-order valence-corrected chi connectivity index (χ0v) is 6.07. The molecule has 0 unspecified atom stereocenters. The fourth-order valence-corrected chi connectivity index (χ4v) is 0.969. The van der Waals surface area contributed by atoms with Gasteiger partial charge in [0.15, 0.2) is 0 Å². The van der Waals surface area contributed by atoms with Crippen LogP contribution in [0.25, 0.3) is 0 Å². The van der Waals surface area contributed by atoms with Crippen molar-refractivity contribution in [3.63, 3.8) is 0 Å². The van der Waals surface area contributed by atoms with Gasteiger partial charge in [0, 0.05) is 0 Å². The normalized spacial score (nSPS) is 14.7. The van der Waals surface area contributed by atoms with Crippen LogP contribution in [0, 0.1) is 0 Å². The van der Waals surface area contributed by atoms with Crippen LogP contribution < -0.4 is 0 Å². The van der Waals surface area contributed by atoms with Crippen LogP contribution in [0.4, 0.5) is 0 Å². The second kappa shape index (κ2) is 3.83. The van der Waals surface area contributed by atoms with Gasteiger partial charge in [-0.2, -0.15) is 0 Å². The molecule has 0 aromatic heterocycles. The van der Waals surface area contributed by atoms with Crippen LogP contribution in [0.5, 0.6) is 0 Å². The van der Waals surface area contributed by atoms with E-state index < -0.39 is 19.9 Å². The molecule has 0 aromatic carbocycles. The lowest BCUT2D eigenvalue weighted by Crippen LogP contribution is -2.09. The van der Waals surface area contributed by atoms with Gasteiger partial charge in [-0.05, 0) is 6.42 Å². The minimum atomic E-state index is -4.05. The minimum absolute atomic E-state index is 0.187. The van der Waals surface area contributed by atoms with Crippen molar-refractivity contribution in [1.29, 1.82) is 0 Å². The van der Waals surface area contributed by atoms with E-state index in [9.17, 15) is 9.36 Å². The van der Waals surface area contributed by atoms with Gasteiger partial charge in [0.05, 0.1) is 6.16 Å². The summed E-state index contributed by atoms with van der Waals surface area (Å²) in [4.78, 5) is 26.2. The molecule has 0 rings (SSSR count). The maximum atomic E-state index is 10.1. The first-order valence-electron chi connectivity index (χ1n) is 2.63. The zero-order valence-electron chi connectivity index (χ0n) is 5.17. The van der Waals surface area contributed by atoms with E-state index in [1.807, 2.05) is 0 Å². The average molecular weight is 168 g/mol. The highest BCUT2D eigenvalue weighted by molar-refractivity contribution is 7.51. The van der Waals surface area contributed by atoms with Gasteiger partial charge in [0.25, 0.3) is 0 Å². The van der Waals surface area contributed by atoms with Crippen LogP contribution in [-0.4, -0.2) is 33.4 Å². The van der Waals surface area contributed by atoms with Gasteiger partial charge in [-0.25, -0.2) is 0 Å². The lowest BCUT2D eigenvalue weighted by molar-refractivity contribution is -0.114. The van der Waals surface area contributed by atoms with Gasteiger partial charge in [0.2, 0.25) is 0 Å². The molecule has 0 bridgehead atoms. The molecule has 10 heavy (non-hydrogen) atoms. The summed E-state index contributed by atoms with van der Waals surface area (Å²) < 4.78 is 10.1. The topological polar surface area (TPSA) is 94.8 Å². The number of aldehydes is 1. The van der Waals surface area contributed by atoms with Crippen LogP contribution in [0.15, 0.2) is 0 Å². The number of carbonyl (C=O) groups excluding carboxylic acids is 1. The molecule has 0 radical (unpaired) electrons. The largest absolute Gasteiger partial charge is 0.386 e. The molecule has 0 saturated carbocycles. The summed E-state index contributed by atoms with van der Waals surface area (Å²) in [6.07, 6.45) is -1.65. The van der Waals surface area contributed by atoms with Gasteiger partial charge < -0.3 is 19.7 Å². The Hall–Kier alpha value is -0.220. The molecule has 0 amide bonds. The first-order valence-corrected chi connectivity index (χ1v) is 4.43. The molecule has 60 valence electrons. The lowest BCUT2D eigenvalue weighted by Gasteiger charge is -2.03. The number of hydrogen-bond acceptors (Lipinski definition) is 3. The molecule has 0 fully saturated rings. The molecule has 0 spiro atoms. The Bertz CT molecular complexity index is 150. The molecule has 0 aliphatic rings. The summed E-state index contributed by atoms with van der Waals surface area (Å²) in [6, 6.07) is 0. The summed E-state index contributed by atoms with van der Waals surface area (Å²) in [5, 5.41) is 8.51. The van der Waals surface area contributed by atoms with Crippen LogP contribution in [0.3, 0.4) is 0 Å². The van der Waals surface area contributed by atoms with Gasteiger partial charge in [0.1, 0.15) is 12.4 Å². The summed E-state index contributed by atoms with van der Waals surface area (Å²) in [6.45, 7) is 0. The quantitative estimate of drug-likeness (QED) is 0.374. The monoisotopic (exact) mass is 168 g/mol. The molecular weight excluding hydrogens is 159 g/mol. The first-order chi connectivity index (χ1) is 4.45. The van der Waals surface area contributed by atoms with Crippen LogP contribution in [0.1, 0.15) is 6.42 Å². The SMILES string of the molecule is O=C[C@@H](O)CCP(=O)(O)O. The molecular formula is C4H9O5P. The van der Waals surface area contributed by atoms with Gasteiger partial charge in [-0.3, -0.25) is 4.57 Å². The fraction of sp³-hybridized carbons (Fsp3) is 0.750. The van der Waals surface area contributed by atoms with E-state index in [0.717, 1.165) is 0 Å². The van der Waals surface area contributed by atoms with Crippen molar-refractivity contribution in [3.05, 3.63) is 0 Å². The van der Waals surface area contributed by atoms with Crippen LogP contribution in [0.2, 0.25) is 0 Å². The van der Waals surface area contributed by atoms with E-state index in [2.05, 4.69) is 0 Å². The first kappa shape index (κ1) is 9.78. The molecule has 6 heteroatoms. The molecule has 0 aliphatic carbocycles. The maximum absolute atomic E-state index is 10.1. The van der Waals surface area contributed by atoms with Crippen molar-refractivity contribution in [2.75, 3.05) is 6.16 Å². The highest BCUT2D eigenvalue weighted by atomic mass is 31.2. The average Bonchev–Trinajstić information content (AvgIpc) is 1.81. The van der Waals surface area contributed by atoms with Gasteiger partial charge in [-0.1, -0.05) is 0 Å². The number of carbonyl (C=O) groups is 1. The van der Waals surface area contributed by atoms with E-state index in [1.165, 1.54) is 0 Å². The van der Waals surface area contributed by atoms with E-state index in [0.29, 0.717) is 0 Å². The van der Waals surface area contributed by atoms with E-state index in [-0.39, 0.29) is 12.7 Å². The second-order valence-corrected chi connectivity index (χ2v) is 3.66. The molecule has 1 atom stereocenters. The Balaban J connectivity index is 3.55. The number of aliphatic hydroxyl groups excluding tert-OH is 1. The highest BCUT2D eigenvalue weighted by Crippen LogP contribution is 2.34. The Morgan fingerprint density at radius 3 is 2.30 bits per heavy atom. The van der Waals surface area contributed by atoms with Crippen LogP contribution >= 0.6 is 7.60 Å². The molecule has 0 aliphatic heterocycles. The fourth-order valence-electron chi connectivity index (χ4n) is 0.368. The van der Waals surface area contributed by atoms with E-state index in [4.69, 9.17) is 14.9 Å². The predicted molar refractivity (Wildman–Crippen MR) is 33.6 cm³/mol. The summed E-state index contributed by atoms with van der Waals surface area (Å²) in [5.41, 5.74) is 0. The molecule has 0 saturated heterocycles. The van der Waals surface area contributed by atoms with E-state index in [1.54, 1.807) is 0 Å². The molecule has 0 aromatic rings. The van der Waals surface area contributed by atoms with Gasteiger partial charge >= 0.3 is 7.60 Å². The Morgan fingerprint density at radius 1 is 1.50 bits per heavy atom. The highest BCUT2D eigenvalue weighted by Gasteiger charge is 2.14. The number of hydrogen-bond donors (Lipinski definition) is 3. The Labute approximate surface area is 57.8 Å². The van der Waals surface area contributed by atoms with Crippen molar-refractivity contribution in [3.8, 4) is 0 Å². The zero-order chi connectivity index (χ0) is 8.20. The second-order valence-electron chi connectivity index (χ2n) is 1.88. The predicted octanol–water partition coefficient (Wildman–Crippen LogP) is -0.886. The van der Waals surface area contributed by atoms with E-state index >= 15 is 0 Å². The van der Waals surface area contributed by atoms with Crippen molar-refractivity contribution in [1.82, 2.24) is 0 Å². The van der Waals surface area contributed by atoms with Gasteiger partial charge in [-0.15, -0.1) is 0 Å². The van der Waals surface area contributed by atoms with Crippen molar-refractivity contribution in [2.45, 2.75) is 12.5 Å². The summed E-state index contributed by atoms with van der Waals surface area (Å²) in [5.74, 6) is 0. The smallest absolute Gasteiger partial charge is 0.325 e. The maximum Gasteiger partial charge on any atom is 0.325 e. The number of aliphatic hydroxyl groups is 1. The molecule has 5 nitrogen and oxygen atoms in total. The third kappa shape index (κ3) is 5.91. The van der Waals surface area contributed by atoms with Crippen molar-refractivity contribution >= 4 is 13.9 Å². The minimum Gasteiger partial charge on any atom is -0.386 e. The van der Waals surface area contributed by atoms with Crippen LogP contribution in [-0.2, 0) is 9.36 Å². The standard InChI is InChI=1S/C4H9O5P/c5-3-4(6)1-2-10(7,8)9/h3-4,6H,1-2H2,(H2,7,8,9)/t4-/m0/s1. The Morgan fingerprint density at radius 2 is 2.00 bits per heavy atom. The van der Waals surface area contributed by atoms with Crippen molar-refractivity contribution in [2.24, 2.45) is 0 Å². The third-order valence-electron chi connectivity index (χ3n) is 0.873. The molecule has 0 heterocycles. The lowest BCUT2D eigenvalue weighted by atomic mass is 10.3. The summed E-state index contributed by atoms with van der Waals surface area (Å²) in [7, 11) is -4.05. The van der Waals surface area contributed by atoms with Crippen molar-refractivity contribution < 1.29 is 24.3 Å². The summed E-state index contributed by atoms with van der Waals surface area (Å²) >= 11 is 0. The Kier molecular flexibility index (Phi) is 3.75. The number of rotatable bonds is 4. The molecule has 3 N–H and O–H groups in total.